The zero-order valence-electron chi connectivity index (χ0n) is 14.0. The van der Waals surface area contributed by atoms with E-state index in [1.54, 1.807) is 0 Å². The quantitative estimate of drug-likeness (QED) is 0.567. The summed E-state index contributed by atoms with van der Waals surface area (Å²) in [6.45, 7) is 17.9. The number of hydrogen-bond donors (Lipinski definition) is 1. The molecule has 3 heteroatoms. The van der Waals surface area contributed by atoms with Crippen LogP contribution in [0, 0.1) is 0 Å². The van der Waals surface area contributed by atoms with Crippen LogP contribution in [0.3, 0.4) is 0 Å². The molecular weight excluding hydrogens is 252 g/mol. The second-order valence-corrected chi connectivity index (χ2v) is 11.9. The van der Waals surface area contributed by atoms with E-state index < -0.39 is 14.4 Å². The van der Waals surface area contributed by atoms with Crippen molar-refractivity contribution in [3.05, 3.63) is 23.3 Å². The Morgan fingerprint density at radius 1 is 1.16 bits per heavy atom. The summed E-state index contributed by atoms with van der Waals surface area (Å²) in [5.74, 6) is 0. The van der Waals surface area contributed by atoms with Crippen molar-refractivity contribution in [1.29, 1.82) is 0 Å². The van der Waals surface area contributed by atoms with Crippen molar-refractivity contribution in [3.63, 3.8) is 0 Å². The normalized spacial score (nSPS) is 15.3. The largest absolute Gasteiger partial charge is 0.413 e. The van der Waals surface area contributed by atoms with Crippen LogP contribution in [0.15, 0.2) is 23.3 Å². The van der Waals surface area contributed by atoms with E-state index in [0.29, 0.717) is 13.0 Å². The van der Waals surface area contributed by atoms with E-state index in [1.807, 2.05) is 26.8 Å². The van der Waals surface area contributed by atoms with Crippen molar-refractivity contribution in [1.82, 2.24) is 0 Å². The van der Waals surface area contributed by atoms with Gasteiger partial charge in [-0.3, -0.25) is 0 Å². The molecule has 0 aromatic carbocycles. The van der Waals surface area contributed by atoms with Gasteiger partial charge in [-0.15, -0.1) is 0 Å². The molecule has 1 atom stereocenters. The van der Waals surface area contributed by atoms with Crippen LogP contribution in [0.1, 0.15) is 48.0 Å². The molecule has 0 bridgehead atoms. The first-order chi connectivity index (χ1) is 8.47. The smallest absolute Gasteiger partial charge is 0.192 e. The standard InChI is InChI=1S/C16H32O2Si/c1-13(2)9-10-15(17)14(3)11-12-18-19(7,8)16(4,5)6/h9,11,15,17H,10,12H2,1-8H3/b14-11+/t15-/m0/s1. The van der Waals surface area contributed by atoms with Gasteiger partial charge in [0, 0.05) is 0 Å². The second kappa shape index (κ2) is 7.41. The van der Waals surface area contributed by atoms with Crippen molar-refractivity contribution in [3.8, 4) is 0 Å². The first kappa shape index (κ1) is 18.6. The van der Waals surface area contributed by atoms with Crippen molar-refractivity contribution in [2.24, 2.45) is 0 Å². The lowest BCUT2D eigenvalue weighted by molar-refractivity contribution is 0.212. The molecule has 2 nitrogen and oxygen atoms in total. The Hall–Kier alpha value is -0.383. The molecule has 19 heavy (non-hydrogen) atoms. The molecule has 0 radical (unpaired) electrons. The Morgan fingerprint density at radius 3 is 2.11 bits per heavy atom. The summed E-state index contributed by atoms with van der Waals surface area (Å²) < 4.78 is 6.08. The molecule has 0 aromatic heterocycles. The number of hydrogen-bond acceptors (Lipinski definition) is 2. The van der Waals surface area contributed by atoms with E-state index in [1.165, 1.54) is 5.57 Å². The van der Waals surface area contributed by atoms with E-state index in [4.69, 9.17) is 4.43 Å². The SMILES string of the molecule is CC(C)=CC[C@H](O)/C(C)=C/CO[Si](C)(C)C(C)(C)C. The topological polar surface area (TPSA) is 29.5 Å². The molecule has 0 unspecified atom stereocenters. The first-order valence-corrected chi connectivity index (χ1v) is 10.0. The maximum absolute atomic E-state index is 10.00. The minimum atomic E-state index is -1.68. The van der Waals surface area contributed by atoms with Crippen LogP contribution in [0.4, 0.5) is 0 Å². The molecule has 0 aliphatic heterocycles. The summed E-state index contributed by atoms with van der Waals surface area (Å²) in [6, 6.07) is 0. The summed E-state index contributed by atoms with van der Waals surface area (Å²) in [6.07, 6.45) is 4.38. The van der Waals surface area contributed by atoms with Gasteiger partial charge < -0.3 is 9.53 Å². The van der Waals surface area contributed by atoms with Crippen LogP contribution < -0.4 is 0 Å². The van der Waals surface area contributed by atoms with Gasteiger partial charge in [0.25, 0.3) is 0 Å². The predicted molar refractivity (Wildman–Crippen MR) is 87.0 cm³/mol. The molecule has 0 spiro atoms. The van der Waals surface area contributed by atoms with Crippen LogP contribution in [0.2, 0.25) is 18.1 Å². The van der Waals surface area contributed by atoms with Crippen molar-refractivity contribution >= 4 is 8.32 Å². The maximum atomic E-state index is 10.00. The average Bonchev–Trinajstić information content (AvgIpc) is 2.23. The van der Waals surface area contributed by atoms with E-state index in [2.05, 4.69) is 39.9 Å². The minimum absolute atomic E-state index is 0.232. The Balaban J connectivity index is 4.38. The van der Waals surface area contributed by atoms with Gasteiger partial charge in [-0.1, -0.05) is 38.5 Å². The van der Waals surface area contributed by atoms with E-state index >= 15 is 0 Å². The van der Waals surface area contributed by atoms with Gasteiger partial charge in [0.15, 0.2) is 8.32 Å². The van der Waals surface area contributed by atoms with Crippen molar-refractivity contribution in [2.45, 2.75) is 72.2 Å². The van der Waals surface area contributed by atoms with Crippen molar-refractivity contribution < 1.29 is 9.53 Å². The summed E-state index contributed by atoms with van der Waals surface area (Å²) >= 11 is 0. The molecular formula is C16H32O2Si. The monoisotopic (exact) mass is 284 g/mol. The summed E-state index contributed by atoms with van der Waals surface area (Å²) in [5, 5.41) is 10.2. The molecule has 0 amide bonds. The fraction of sp³-hybridized carbons (Fsp3) is 0.750. The highest BCUT2D eigenvalue weighted by atomic mass is 28.4. The Bertz CT molecular complexity index is 331. The summed E-state index contributed by atoms with van der Waals surface area (Å²) in [7, 11) is -1.68. The lowest BCUT2D eigenvalue weighted by atomic mass is 10.1. The summed E-state index contributed by atoms with van der Waals surface area (Å²) in [5.41, 5.74) is 2.24. The third-order valence-electron chi connectivity index (χ3n) is 3.93. The molecule has 0 fully saturated rings. The third-order valence-corrected chi connectivity index (χ3v) is 8.43. The van der Waals surface area contributed by atoms with E-state index in [0.717, 1.165) is 5.57 Å². The van der Waals surface area contributed by atoms with Crippen LogP contribution in [0.25, 0.3) is 0 Å². The van der Waals surface area contributed by atoms with Gasteiger partial charge in [0.2, 0.25) is 0 Å². The van der Waals surface area contributed by atoms with Crippen LogP contribution in [-0.2, 0) is 4.43 Å². The van der Waals surface area contributed by atoms with Gasteiger partial charge in [-0.2, -0.15) is 0 Å². The Labute approximate surface area is 120 Å². The maximum Gasteiger partial charge on any atom is 0.192 e. The summed E-state index contributed by atoms with van der Waals surface area (Å²) in [4.78, 5) is 0. The fourth-order valence-corrected chi connectivity index (χ4v) is 2.20. The Morgan fingerprint density at radius 2 is 1.68 bits per heavy atom. The third kappa shape index (κ3) is 7.09. The zero-order valence-corrected chi connectivity index (χ0v) is 15.0. The molecule has 0 aliphatic carbocycles. The highest BCUT2D eigenvalue weighted by Gasteiger charge is 2.36. The van der Waals surface area contributed by atoms with Gasteiger partial charge in [-0.25, -0.2) is 0 Å². The molecule has 0 rings (SSSR count). The predicted octanol–water partition coefficient (Wildman–Crippen LogP) is 4.67. The number of aliphatic hydroxyl groups excluding tert-OH is 1. The number of rotatable bonds is 6. The zero-order chi connectivity index (χ0) is 15.3. The van der Waals surface area contributed by atoms with Gasteiger partial charge in [-0.05, 0) is 50.9 Å². The molecule has 0 heterocycles. The molecule has 112 valence electrons. The lowest BCUT2D eigenvalue weighted by Crippen LogP contribution is -2.40. The van der Waals surface area contributed by atoms with E-state index in [9.17, 15) is 5.11 Å². The Kier molecular flexibility index (Phi) is 7.26. The lowest BCUT2D eigenvalue weighted by Gasteiger charge is -2.35. The molecule has 0 saturated heterocycles. The van der Waals surface area contributed by atoms with Crippen molar-refractivity contribution in [2.75, 3.05) is 6.61 Å². The van der Waals surface area contributed by atoms with Gasteiger partial charge in [0.1, 0.15) is 0 Å². The molecule has 0 saturated carbocycles. The fourth-order valence-electron chi connectivity index (χ4n) is 1.27. The second-order valence-electron chi connectivity index (χ2n) is 7.05. The average molecular weight is 285 g/mol. The highest BCUT2D eigenvalue weighted by Crippen LogP contribution is 2.36. The van der Waals surface area contributed by atoms with Gasteiger partial charge in [0.05, 0.1) is 12.7 Å². The highest BCUT2D eigenvalue weighted by molar-refractivity contribution is 6.74. The number of aliphatic hydroxyl groups is 1. The first-order valence-electron chi connectivity index (χ1n) is 7.09. The van der Waals surface area contributed by atoms with Crippen LogP contribution in [0.5, 0.6) is 0 Å². The van der Waals surface area contributed by atoms with Gasteiger partial charge >= 0.3 is 0 Å². The molecule has 0 aromatic rings. The number of allylic oxidation sites excluding steroid dienone is 1. The molecule has 0 aliphatic rings. The van der Waals surface area contributed by atoms with Crippen LogP contribution in [-0.4, -0.2) is 26.1 Å². The minimum Gasteiger partial charge on any atom is -0.413 e. The van der Waals surface area contributed by atoms with Crippen LogP contribution >= 0.6 is 0 Å². The molecule has 1 N–H and O–H groups in total. The van der Waals surface area contributed by atoms with E-state index in [-0.39, 0.29) is 5.04 Å².